The summed E-state index contributed by atoms with van der Waals surface area (Å²) >= 11 is 0. The van der Waals surface area contributed by atoms with Gasteiger partial charge in [-0.1, -0.05) is 36.4 Å². The number of amides is 2. The van der Waals surface area contributed by atoms with Crippen molar-refractivity contribution in [1.29, 1.82) is 0 Å². The average molecular weight is 444 g/mol. The Morgan fingerprint density at radius 1 is 0.970 bits per heavy atom. The Morgan fingerprint density at radius 3 is 2.55 bits per heavy atom. The summed E-state index contributed by atoms with van der Waals surface area (Å²) in [5.74, 6) is 2.54. The number of fused-ring (bicyclic) bond motifs is 3. The standard InChI is InChI=1S/C26H25N3O4/c1-31-20-4-2-3-18(11-20)16-5-7-17(8-6-16)25-21-13-27-14-22(25)29(21)26(30)28-19-9-10-23-24(12-19)33-15-32-23/h2-12,21-22,25,27H,13-15H2,1H3,(H,28,30)/t21-,22+,25?. The minimum Gasteiger partial charge on any atom is -0.497 e. The molecule has 3 aromatic carbocycles. The molecule has 7 nitrogen and oxygen atoms in total. The van der Waals surface area contributed by atoms with Crippen molar-refractivity contribution in [2.45, 2.75) is 18.0 Å². The van der Waals surface area contributed by atoms with Crippen molar-refractivity contribution in [3.8, 4) is 28.4 Å². The summed E-state index contributed by atoms with van der Waals surface area (Å²) < 4.78 is 16.1. The number of carbonyl (C=O) groups excluding carboxylic acids is 1. The largest absolute Gasteiger partial charge is 0.497 e. The van der Waals surface area contributed by atoms with Gasteiger partial charge in [-0.2, -0.15) is 0 Å². The minimum absolute atomic E-state index is 0.0744. The molecule has 0 radical (unpaired) electrons. The Bertz CT molecular complexity index is 1180. The highest BCUT2D eigenvalue weighted by molar-refractivity contribution is 5.91. The van der Waals surface area contributed by atoms with Crippen LogP contribution >= 0.6 is 0 Å². The molecule has 3 aromatic rings. The number of piperidine rings is 1. The monoisotopic (exact) mass is 443 g/mol. The van der Waals surface area contributed by atoms with Gasteiger partial charge in [-0.3, -0.25) is 0 Å². The number of urea groups is 1. The first-order valence-corrected chi connectivity index (χ1v) is 11.2. The average Bonchev–Trinajstić information content (AvgIpc) is 3.33. The van der Waals surface area contributed by atoms with Crippen LogP contribution in [-0.4, -0.2) is 50.0 Å². The first kappa shape index (κ1) is 19.9. The molecule has 33 heavy (non-hydrogen) atoms. The zero-order chi connectivity index (χ0) is 22.4. The lowest BCUT2D eigenvalue weighted by Gasteiger charge is -2.59. The number of carbonyl (C=O) groups is 1. The lowest BCUT2D eigenvalue weighted by atomic mass is 9.72. The zero-order valence-corrected chi connectivity index (χ0v) is 18.3. The van der Waals surface area contributed by atoms with Crippen LogP contribution in [0, 0.1) is 0 Å². The van der Waals surface area contributed by atoms with E-state index in [2.05, 4.69) is 41.0 Å². The minimum atomic E-state index is -0.0744. The van der Waals surface area contributed by atoms with Crippen molar-refractivity contribution in [3.05, 3.63) is 72.3 Å². The second kappa shape index (κ2) is 8.01. The quantitative estimate of drug-likeness (QED) is 0.636. The maximum atomic E-state index is 13.1. The predicted octanol–water partition coefficient (Wildman–Crippen LogP) is 4.06. The molecule has 2 N–H and O–H groups in total. The molecular formula is C26H25N3O4. The molecule has 3 aliphatic heterocycles. The number of likely N-dealkylation sites (tertiary alicyclic amines) is 1. The molecule has 3 heterocycles. The van der Waals surface area contributed by atoms with Gasteiger partial charge in [0.05, 0.1) is 19.2 Å². The van der Waals surface area contributed by atoms with Crippen molar-refractivity contribution < 1.29 is 19.0 Å². The molecule has 0 aromatic heterocycles. The number of nitrogens with one attached hydrogen (secondary N) is 2. The summed E-state index contributed by atoms with van der Waals surface area (Å²) in [5, 5.41) is 6.47. The first-order chi connectivity index (χ1) is 16.2. The fourth-order valence-corrected chi connectivity index (χ4v) is 5.18. The third-order valence-corrected chi connectivity index (χ3v) is 6.81. The number of methoxy groups -OCH3 is 1. The molecule has 6 rings (SSSR count). The second-order valence-corrected chi connectivity index (χ2v) is 8.58. The Morgan fingerprint density at radius 2 is 1.76 bits per heavy atom. The van der Waals surface area contributed by atoms with E-state index in [0.717, 1.165) is 30.0 Å². The molecule has 0 spiro atoms. The second-order valence-electron chi connectivity index (χ2n) is 8.58. The highest BCUT2D eigenvalue weighted by atomic mass is 16.7. The van der Waals surface area contributed by atoms with Crippen molar-refractivity contribution in [1.82, 2.24) is 10.2 Å². The van der Waals surface area contributed by atoms with Crippen LogP contribution in [0.4, 0.5) is 10.5 Å². The number of nitrogens with zero attached hydrogens (tertiary/aromatic N) is 1. The van der Waals surface area contributed by atoms with Crippen molar-refractivity contribution in [2.24, 2.45) is 0 Å². The van der Waals surface area contributed by atoms with Crippen LogP contribution in [0.2, 0.25) is 0 Å². The van der Waals surface area contributed by atoms with Crippen LogP contribution in [0.1, 0.15) is 11.5 Å². The van der Waals surface area contributed by atoms with E-state index in [9.17, 15) is 4.79 Å². The van der Waals surface area contributed by atoms with E-state index >= 15 is 0 Å². The normalized spacial score (nSPS) is 22.5. The van der Waals surface area contributed by atoms with E-state index in [-0.39, 0.29) is 24.9 Å². The smallest absolute Gasteiger partial charge is 0.322 e. The summed E-state index contributed by atoms with van der Waals surface area (Å²) in [5.41, 5.74) is 4.26. The maximum Gasteiger partial charge on any atom is 0.322 e. The molecule has 2 saturated heterocycles. The Hall–Kier alpha value is -3.71. The molecule has 2 fully saturated rings. The Labute approximate surface area is 192 Å². The number of hydrogen-bond acceptors (Lipinski definition) is 5. The van der Waals surface area contributed by atoms with Crippen LogP contribution in [0.5, 0.6) is 17.2 Å². The third kappa shape index (κ3) is 3.45. The zero-order valence-electron chi connectivity index (χ0n) is 18.3. The van der Waals surface area contributed by atoms with E-state index in [1.807, 2.05) is 41.3 Å². The number of anilines is 1. The topological polar surface area (TPSA) is 72.1 Å². The number of rotatable bonds is 4. The van der Waals surface area contributed by atoms with Crippen molar-refractivity contribution >= 4 is 11.7 Å². The fraction of sp³-hybridized carbons (Fsp3) is 0.269. The molecule has 0 saturated carbocycles. The van der Waals surface area contributed by atoms with Gasteiger partial charge < -0.3 is 29.7 Å². The van der Waals surface area contributed by atoms with Gasteiger partial charge in [0, 0.05) is 30.8 Å². The number of piperazine rings is 1. The lowest BCUT2D eigenvalue weighted by molar-refractivity contribution is 0.00202. The van der Waals surface area contributed by atoms with Gasteiger partial charge >= 0.3 is 6.03 Å². The van der Waals surface area contributed by atoms with Gasteiger partial charge in [0.15, 0.2) is 11.5 Å². The molecular weight excluding hydrogens is 418 g/mol. The highest BCUT2D eigenvalue weighted by Gasteiger charge is 2.53. The van der Waals surface area contributed by atoms with Crippen molar-refractivity contribution in [2.75, 3.05) is 32.3 Å². The van der Waals surface area contributed by atoms with Gasteiger partial charge in [-0.15, -0.1) is 0 Å². The molecule has 168 valence electrons. The number of ether oxygens (including phenoxy) is 3. The van der Waals surface area contributed by atoms with Gasteiger partial charge in [0.25, 0.3) is 0 Å². The van der Waals surface area contributed by atoms with Gasteiger partial charge in [-0.05, 0) is 41.0 Å². The van der Waals surface area contributed by atoms with E-state index < -0.39 is 0 Å². The van der Waals surface area contributed by atoms with Crippen LogP contribution in [0.15, 0.2) is 66.7 Å². The van der Waals surface area contributed by atoms with E-state index in [0.29, 0.717) is 23.1 Å². The Kier molecular flexibility index (Phi) is 4.84. The predicted molar refractivity (Wildman–Crippen MR) is 125 cm³/mol. The molecule has 3 atom stereocenters. The summed E-state index contributed by atoms with van der Waals surface area (Å²) in [7, 11) is 1.68. The Balaban J connectivity index is 1.17. The van der Waals surface area contributed by atoms with Gasteiger partial charge in [-0.25, -0.2) is 4.79 Å². The summed E-state index contributed by atoms with van der Waals surface area (Å²) in [6.07, 6.45) is 0. The molecule has 1 unspecified atom stereocenters. The summed E-state index contributed by atoms with van der Waals surface area (Å²) in [6.45, 7) is 1.79. The van der Waals surface area contributed by atoms with Crippen LogP contribution in [-0.2, 0) is 0 Å². The molecule has 2 amide bonds. The number of benzene rings is 3. The highest BCUT2D eigenvalue weighted by Crippen LogP contribution is 2.43. The molecule has 3 aliphatic rings. The van der Waals surface area contributed by atoms with Crippen LogP contribution in [0.3, 0.4) is 0 Å². The third-order valence-electron chi connectivity index (χ3n) is 6.81. The van der Waals surface area contributed by atoms with Crippen molar-refractivity contribution in [3.63, 3.8) is 0 Å². The maximum absolute atomic E-state index is 13.1. The van der Waals surface area contributed by atoms with Crippen LogP contribution in [0.25, 0.3) is 11.1 Å². The van der Waals surface area contributed by atoms with Crippen LogP contribution < -0.4 is 24.8 Å². The number of hydrogen-bond donors (Lipinski definition) is 2. The fourth-order valence-electron chi connectivity index (χ4n) is 5.18. The summed E-state index contributed by atoms with van der Waals surface area (Å²) in [6, 6.07) is 22.4. The lowest BCUT2D eigenvalue weighted by Crippen LogP contribution is -2.74. The first-order valence-electron chi connectivity index (χ1n) is 11.2. The SMILES string of the molecule is COc1cccc(-c2ccc(C3[C@H]4CNC[C@@H]3N4C(=O)Nc3ccc4c(c3)OCO4)cc2)c1. The van der Waals surface area contributed by atoms with Gasteiger partial charge in [0.2, 0.25) is 6.79 Å². The van der Waals surface area contributed by atoms with E-state index in [1.165, 1.54) is 5.56 Å². The van der Waals surface area contributed by atoms with E-state index in [4.69, 9.17) is 14.2 Å². The molecule has 7 heteroatoms. The van der Waals surface area contributed by atoms with E-state index in [1.54, 1.807) is 7.11 Å². The van der Waals surface area contributed by atoms with Gasteiger partial charge in [0.1, 0.15) is 5.75 Å². The molecule has 2 bridgehead atoms. The summed E-state index contributed by atoms with van der Waals surface area (Å²) in [4.78, 5) is 15.1. The molecule has 0 aliphatic carbocycles.